The predicted octanol–water partition coefficient (Wildman–Crippen LogP) is 5.28. The molecule has 0 aliphatic carbocycles. The predicted molar refractivity (Wildman–Crippen MR) is 182 cm³/mol. The van der Waals surface area contributed by atoms with E-state index in [9.17, 15) is 9.50 Å². The molecule has 5 aliphatic heterocycles. The van der Waals surface area contributed by atoms with Gasteiger partial charge < -0.3 is 24.4 Å². The molecule has 0 unspecified atom stereocenters. The van der Waals surface area contributed by atoms with Gasteiger partial charge in [-0.15, -0.1) is 0 Å². The number of hydrogen-bond acceptors (Lipinski definition) is 9. The summed E-state index contributed by atoms with van der Waals surface area (Å²) in [5.74, 6) is 0.784. The van der Waals surface area contributed by atoms with Crippen molar-refractivity contribution in [2.24, 2.45) is 0 Å². The van der Waals surface area contributed by atoms with Gasteiger partial charge in [0.1, 0.15) is 30.2 Å². The number of aromatic hydroxyl groups is 1. The molecule has 2 atom stereocenters. The first-order valence-corrected chi connectivity index (χ1v) is 17.9. The lowest BCUT2D eigenvalue weighted by molar-refractivity contribution is -0.0298. The van der Waals surface area contributed by atoms with Crippen LogP contribution < -0.4 is 14.5 Å². The third-order valence-corrected chi connectivity index (χ3v) is 11.5. The van der Waals surface area contributed by atoms with E-state index in [0.717, 1.165) is 72.3 Å². The molecule has 7 heterocycles. The second-order valence-electron chi connectivity index (χ2n) is 14.5. The average molecular weight is 672 g/mol. The summed E-state index contributed by atoms with van der Waals surface area (Å²) in [5, 5.41) is 17.1. The number of rotatable bonds is 7. The fourth-order valence-electron chi connectivity index (χ4n) is 9.05. The summed E-state index contributed by atoms with van der Waals surface area (Å²) < 4.78 is 43.8. The Kier molecular flexibility index (Phi) is 7.64. The first-order chi connectivity index (χ1) is 23.9. The first kappa shape index (κ1) is 31.0. The second-order valence-corrected chi connectivity index (χ2v) is 14.5. The molecule has 0 radical (unpaired) electrons. The van der Waals surface area contributed by atoms with Gasteiger partial charge in [0.05, 0.1) is 43.2 Å². The quantitative estimate of drug-likeness (QED) is 0.282. The Labute approximate surface area is 284 Å². The van der Waals surface area contributed by atoms with Crippen LogP contribution in [0.15, 0.2) is 30.5 Å². The second kappa shape index (κ2) is 12.1. The number of phenolic OH excluding ortho intramolecular Hbond substituents is 1. The minimum atomic E-state index is -0.842. The Bertz CT molecular complexity index is 1910. The summed E-state index contributed by atoms with van der Waals surface area (Å²) in [4.78, 5) is 16.9. The standard InChI is InChI=1S/C37H43F2N7O3/c1-2-28-30(39)7-6-23-13-27(47)14-33(34(23)28)43-12-8-29-31(19-43)41-36(49-22-37-9-4-11-45(37)18-25(38)15-37)42-35(29)44-10-3-5-32-24(17-44)16-40-46(32)26-20-48-21-26/h6-7,13-14,16,25-26,47H,2-5,8-12,15,17-22H2,1H3/t25-,37+/m1/s1. The molecule has 258 valence electrons. The SMILES string of the molecule is CCc1c(F)ccc2cc(O)cc(N3CCc4c(nc(OC[C@@]56CCCN5C[C@H](F)C6)nc4N4CCCc5c(cnn5C5COC5)C4)C3)c12. The van der Waals surface area contributed by atoms with Crippen molar-refractivity contribution in [3.63, 3.8) is 0 Å². The van der Waals surface area contributed by atoms with Crippen LogP contribution in [-0.4, -0.2) is 87.5 Å². The Morgan fingerprint density at radius 3 is 2.80 bits per heavy atom. The molecule has 3 saturated heterocycles. The fraction of sp³-hybridized carbons (Fsp3) is 0.541. The molecule has 0 spiro atoms. The number of aromatic nitrogens is 4. The fourth-order valence-corrected chi connectivity index (χ4v) is 9.05. The monoisotopic (exact) mass is 671 g/mol. The van der Waals surface area contributed by atoms with Gasteiger partial charge in [-0.2, -0.15) is 15.1 Å². The maximum atomic E-state index is 15.1. The number of ether oxygens (including phenoxy) is 2. The molecular weight excluding hydrogens is 628 g/mol. The lowest BCUT2D eigenvalue weighted by Crippen LogP contribution is -2.43. The van der Waals surface area contributed by atoms with E-state index in [0.29, 0.717) is 82.9 Å². The maximum absolute atomic E-state index is 15.1. The highest BCUT2D eigenvalue weighted by molar-refractivity contribution is 5.98. The van der Waals surface area contributed by atoms with E-state index in [-0.39, 0.29) is 17.1 Å². The number of benzene rings is 2. The normalized spacial score (nSPS) is 24.1. The summed E-state index contributed by atoms with van der Waals surface area (Å²) >= 11 is 0. The van der Waals surface area contributed by atoms with Crippen molar-refractivity contribution >= 4 is 22.3 Å². The molecule has 0 bridgehead atoms. The highest BCUT2D eigenvalue weighted by atomic mass is 19.1. The van der Waals surface area contributed by atoms with Gasteiger partial charge in [0, 0.05) is 66.6 Å². The topological polar surface area (TPSA) is 92.0 Å². The van der Waals surface area contributed by atoms with Crippen LogP contribution >= 0.6 is 0 Å². The van der Waals surface area contributed by atoms with Crippen LogP contribution in [0.4, 0.5) is 20.3 Å². The number of alkyl halides is 1. The molecule has 12 heteroatoms. The minimum absolute atomic E-state index is 0.145. The number of halogens is 2. The van der Waals surface area contributed by atoms with E-state index in [1.54, 1.807) is 18.2 Å². The Hall–Kier alpha value is -4.03. The van der Waals surface area contributed by atoms with E-state index < -0.39 is 6.17 Å². The van der Waals surface area contributed by atoms with Gasteiger partial charge in [0.25, 0.3) is 0 Å². The van der Waals surface area contributed by atoms with Crippen molar-refractivity contribution in [3.8, 4) is 11.8 Å². The molecule has 10 nitrogen and oxygen atoms in total. The van der Waals surface area contributed by atoms with Crippen molar-refractivity contribution in [1.82, 2.24) is 24.6 Å². The van der Waals surface area contributed by atoms with Gasteiger partial charge in [-0.1, -0.05) is 13.0 Å². The highest BCUT2D eigenvalue weighted by Gasteiger charge is 2.49. The van der Waals surface area contributed by atoms with Crippen molar-refractivity contribution in [2.75, 3.05) is 55.8 Å². The van der Waals surface area contributed by atoms with Crippen LogP contribution in [0.3, 0.4) is 0 Å². The zero-order chi connectivity index (χ0) is 33.3. The van der Waals surface area contributed by atoms with E-state index in [1.165, 1.54) is 17.3 Å². The molecule has 2 aromatic carbocycles. The van der Waals surface area contributed by atoms with E-state index >= 15 is 4.39 Å². The van der Waals surface area contributed by atoms with Crippen LogP contribution in [0.2, 0.25) is 0 Å². The summed E-state index contributed by atoms with van der Waals surface area (Å²) in [6.45, 7) is 7.72. The van der Waals surface area contributed by atoms with Crippen molar-refractivity contribution < 1.29 is 23.4 Å². The summed E-state index contributed by atoms with van der Waals surface area (Å²) in [6, 6.07) is 7.28. The molecule has 9 rings (SSSR count). The van der Waals surface area contributed by atoms with Crippen LogP contribution in [-0.2, 0) is 37.1 Å². The molecule has 5 aliphatic rings. The minimum Gasteiger partial charge on any atom is -0.508 e. The Balaban J connectivity index is 1.09. The Morgan fingerprint density at radius 1 is 1.06 bits per heavy atom. The van der Waals surface area contributed by atoms with Crippen LogP contribution in [0.1, 0.15) is 66.7 Å². The zero-order valence-corrected chi connectivity index (χ0v) is 28.0. The molecule has 0 amide bonds. The molecule has 1 N–H and O–H groups in total. The largest absolute Gasteiger partial charge is 0.508 e. The molecule has 4 aromatic rings. The van der Waals surface area contributed by atoms with Crippen LogP contribution in [0.5, 0.6) is 11.8 Å². The van der Waals surface area contributed by atoms with Gasteiger partial charge in [-0.25, -0.2) is 8.78 Å². The number of anilines is 2. The van der Waals surface area contributed by atoms with Crippen molar-refractivity contribution in [1.29, 1.82) is 0 Å². The smallest absolute Gasteiger partial charge is 0.318 e. The van der Waals surface area contributed by atoms with Gasteiger partial charge in [0.15, 0.2) is 0 Å². The molecule has 2 aromatic heterocycles. The Morgan fingerprint density at radius 2 is 1.96 bits per heavy atom. The zero-order valence-electron chi connectivity index (χ0n) is 28.0. The average Bonchev–Trinajstić information content (AvgIpc) is 3.68. The number of nitrogens with zero attached hydrogens (tertiary/aromatic N) is 7. The lowest BCUT2D eigenvalue weighted by atomic mass is 9.95. The van der Waals surface area contributed by atoms with Gasteiger partial charge in [0.2, 0.25) is 0 Å². The number of fused-ring (bicyclic) bond motifs is 4. The first-order valence-electron chi connectivity index (χ1n) is 17.9. The van der Waals surface area contributed by atoms with Crippen LogP contribution in [0, 0.1) is 5.82 Å². The number of phenols is 1. The molecule has 49 heavy (non-hydrogen) atoms. The summed E-state index contributed by atoms with van der Waals surface area (Å²) in [6.07, 6.45) is 6.70. The van der Waals surface area contributed by atoms with Crippen molar-refractivity contribution in [2.45, 2.75) is 82.7 Å². The maximum Gasteiger partial charge on any atom is 0.318 e. The van der Waals surface area contributed by atoms with E-state index in [1.807, 2.05) is 13.1 Å². The van der Waals surface area contributed by atoms with E-state index in [4.69, 9.17) is 24.5 Å². The third kappa shape index (κ3) is 5.29. The number of hydrogen-bond donors (Lipinski definition) is 1. The van der Waals surface area contributed by atoms with Gasteiger partial charge in [-0.05, 0) is 68.2 Å². The number of aryl methyl sites for hydroxylation is 1. The van der Waals surface area contributed by atoms with Crippen molar-refractivity contribution in [3.05, 3.63) is 64.4 Å². The summed E-state index contributed by atoms with van der Waals surface area (Å²) in [5.41, 5.74) is 5.55. The lowest BCUT2D eigenvalue weighted by Gasteiger charge is -2.35. The van der Waals surface area contributed by atoms with E-state index in [2.05, 4.69) is 19.4 Å². The molecular formula is C37H43F2N7O3. The third-order valence-electron chi connectivity index (χ3n) is 11.5. The van der Waals surface area contributed by atoms with Gasteiger partial charge in [-0.3, -0.25) is 9.58 Å². The van der Waals surface area contributed by atoms with Crippen LogP contribution in [0.25, 0.3) is 10.8 Å². The molecule has 0 saturated carbocycles. The molecule has 3 fully saturated rings. The highest BCUT2D eigenvalue weighted by Crippen LogP contribution is 2.42. The summed E-state index contributed by atoms with van der Waals surface area (Å²) in [7, 11) is 0. The van der Waals surface area contributed by atoms with Gasteiger partial charge >= 0.3 is 6.01 Å².